The van der Waals surface area contributed by atoms with Crippen LogP contribution in [-0.4, -0.2) is 43.0 Å². The van der Waals surface area contributed by atoms with Crippen LogP contribution in [0.2, 0.25) is 0 Å². The molecule has 0 saturated heterocycles. The summed E-state index contributed by atoms with van der Waals surface area (Å²) in [6.45, 7) is 1.16. The zero-order valence-electron chi connectivity index (χ0n) is 13.0. The topological polar surface area (TPSA) is 54.5 Å². The number of amides is 1. The van der Waals surface area contributed by atoms with Crippen LogP contribution in [0.1, 0.15) is 5.56 Å². The van der Waals surface area contributed by atoms with Gasteiger partial charge in [-0.05, 0) is 43.3 Å². The fraction of sp³-hybridized carbons (Fsp3) is 0.294. The lowest BCUT2D eigenvalue weighted by Crippen LogP contribution is -2.31. The Kier molecular flexibility index (Phi) is 5.91. The van der Waals surface area contributed by atoms with Crippen LogP contribution >= 0.6 is 0 Å². The minimum absolute atomic E-state index is 0.0366. The third-order valence-electron chi connectivity index (χ3n) is 3.30. The first kappa shape index (κ1) is 16.0. The van der Waals surface area contributed by atoms with Crippen LogP contribution in [0.4, 0.5) is 5.69 Å². The molecule has 0 fully saturated rings. The van der Waals surface area contributed by atoms with Gasteiger partial charge in [-0.25, -0.2) is 0 Å². The molecule has 1 aromatic heterocycles. The lowest BCUT2D eigenvalue weighted by molar-refractivity contribution is -0.117. The van der Waals surface area contributed by atoms with Crippen molar-refractivity contribution in [2.45, 2.75) is 6.42 Å². The van der Waals surface area contributed by atoms with E-state index in [2.05, 4.69) is 10.3 Å². The Morgan fingerprint density at radius 2 is 2.05 bits per heavy atom. The van der Waals surface area contributed by atoms with Gasteiger partial charge in [0.25, 0.3) is 0 Å². The maximum absolute atomic E-state index is 12.0. The number of rotatable bonds is 7. The van der Waals surface area contributed by atoms with Gasteiger partial charge in [0.15, 0.2) is 0 Å². The van der Waals surface area contributed by atoms with E-state index in [1.54, 1.807) is 25.6 Å². The van der Waals surface area contributed by atoms with Crippen LogP contribution in [0.25, 0.3) is 0 Å². The number of hydrogen-bond acceptors (Lipinski definition) is 4. The van der Waals surface area contributed by atoms with Gasteiger partial charge in [-0.1, -0.05) is 6.07 Å². The molecule has 0 unspecified atom stereocenters. The number of anilines is 1. The van der Waals surface area contributed by atoms with Gasteiger partial charge in [-0.15, -0.1) is 0 Å². The number of aromatic nitrogens is 1. The molecule has 0 spiro atoms. The molecule has 22 heavy (non-hydrogen) atoms. The smallest absolute Gasteiger partial charge is 0.238 e. The van der Waals surface area contributed by atoms with E-state index in [4.69, 9.17) is 4.74 Å². The normalized spacial score (nSPS) is 10.5. The highest BCUT2D eigenvalue weighted by Crippen LogP contribution is 2.16. The summed E-state index contributed by atoms with van der Waals surface area (Å²) in [7, 11) is 3.54. The number of benzene rings is 1. The standard InChI is InChI=1S/C17H21N3O2/c1-20(11-8-14-6-9-18-10-7-14)13-17(21)19-15-4-3-5-16(12-15)22-2/h3-7,9-10,12H,8,11,13H2,1-2H3,(H,19,21). The number of pyridine rings is 1. The first-order chi connectivity index (χ1) is 10.7. The fourth-order valence-electron chi connectivity index (χ4n) is 2.09. The van der Waals surface area contributed by atoms with E-state index in [0.717, 1.165) is 24.4 Å². The van der Waals surface area contributed by atoms with Crippen LogP contribution in [-0.2, 0) is 11.2 Å². The number of nitrogens with one attached hydrogen (secondary N) is 1. The summed E-state index contributed by atoms with van der Waals surface area (Å²) in [5.74, 6) is 0.689. The van der Waals surface area contributed by atoms with Crippen molar-refractivity contribution in [3.63, 3.8) is 0 Å². The predicted octanol–water partition coefficient (Wildman–Crippen LogP) is 2.20. The van der Waals surface area contributed by atoms with Crippen LogP contribution in [0, 0.1) is 0 Å². The van der Waals surface area contributed by atoms with Crippen molar-refractivity contribution in [3.05, 3.63) is 54.4 Å². The van der Waals surface area contributed by atoms with Crippen molar-refractivity contribution in [2.75, 3.05) is 32.6 Å². The Balaban J connectivity index is 1.78. The SMILES string of the molecule is COc1cccc(NC(=O)CN(C)CCc2ccncc2)c1. The zero-order chi connectivity index (χ0) is 15.8. The molecule has 0 atom stereocenters. The van der Waals surface area contributed by atoms with Gasteiger partial charge in [0, 0.05) is 30.7 Å². The highest BCUT2D eigenvalue weighted by molar-refractivity contribution is 5.92. The van der Waals surface area contributed by atoms with E-state index in [-0.39, 0.29) is 5.91 Å². The molecule has 1 heterocycles. The minimum atomic E-state index is -0.0366. The summed E-state index contributed by atoms with van der Waals surface area (Å²) in [6.07, 6.45) is 4.46. The van der Waals surface area contributed by atoms with Crippen LogP contribution in [0.15, 0.2) is 48.8 Å². The Hall–Kier alpha value is -2.40. The summed E-state index contributed by atoms with van der Waals surface area (Å²) in [5.41, 5.74) is 1.96. The van der Waals surface area contributed by atoms with E-state index < -0.39 is 0 Å². The minimum Gasteiger partial charge on any atom is -0.497 e. The molecule has 2 rings (SSSR count). The second-order valence-corrected chi connectivity index (χ2v) is 5.12. The van der Waals surface area contributed by atoms with E-state index >= 15 is 0 Å². The first-order valence-electron chi connectivity index (χ1n) is 7.19. The Morgan fingerprint density at radius 3 is 2.77 bits per heavy atom. The quantitative estimate of drug-likeness (QED) is 0.851. The average molecular weight is 299 g/mol. The average Bonchev–Trinajstić information content (AvgIpc) is 2.54. The van der Waals surface area contributed by atoms with Gasteiger partial charge in [0.2, 0.25) is 5.91 Å². The first-order valence-corrected chi connectivity index (χ1v) is 7.19. The number of nitrogens with zero attached hydrogens (tertiary/aromatic N) is 2. The molecule has 5 heteroatoms. The summed E-state index contributed by atoms with van der Waals surface area (Å²) >= 11 is 0. The molecule has 0 aliphatic heterocycles. The molecule has 2 aromatic rings. The molecule has 1 aromatic carbocycles. The second kappa shape index (κ2) is 8.14. The number of likely N-dealkylation sites (N-methyl/N-ethyl adjacent to an activating group) is 1. The third kappa shape index (κ3) is 5.18. The van der Waals surface area contributed by atoms with Crippen molar-refractivity contribution in [1.29, 1.82) is 0 Å². The molecule has 1 N–H and O–H groups in total. The maximum atomic E-state index is 12.0. The van der Waals surface area contributed by atoms with Gasteiger partial charge >= 0.3 is 0 Å². The molecule has 0 aliphatic rings. The largest absolute Gasteiger partial charge is 0.497 e. The lowest BCUT2D eigenvalue weighted by Gasteiger charge is -2.16. The van der Waals surface area contributed by atoms with Crippen molar-refractivity contribution >= 4 is 11.6 Å². The number of carbonyl (C=O) groups is 1. The predicted molar refractivity (Wildman–Crippen MR) is 87.1 cm³/mol. The van der Waals surface area contributed by atoms with Crippen molar-refractivity contribution in [2.24, 2.45) is 0 Å². The fourth-order valence-corrected chi connectivity index (χ4v) is 2.09. The van der Waals surface area contributed by atoms with Crippen LogP contribution in [0.3, 0.4) is 0 Å². The molecule has 5 nitrogen and oxygen atoms in total. The van der Waals surface area contributed by atoms with E-state index in [1.165, 1.54) is 5.56 Å². The summed E-state index contributed by atoms with van der Waals surface area (Å²) in [5, 5.41) is 2.88. The van der Waals surface area contributed by atoms with Gasteiger partial charge in [0.05, 0.1) is 13.7 Å². The van der Waals surface area contributed by atoms with Crippen molar-refractivity contribution < 1.29 is 9.53 Å². The van der Waals surface area contributed by atoms with E-state index in [0.29, 0.717) is 6.54 Å². The molecular weight excluding hydrogens is 278 g/mol. The van der Waals surface area contributed by atoms with Crippen molar-refractivity contribution in [3.8, 4) is 5.75 Å². The van der Waals surface area contributed by atoms with Gasteiger partial charge in [-0.3, -0.25) is 14.7 Å². The number of methoxy groups -OCH3 is 1. The van der Waals surface area contributed by atoms with Gasteiger partial charge in [0.1, 0.15) is 5.75 Å². The molecular formula is C17H21N3O2. The van der Waals surface area contributed by atoms with E-state index in [1.807, 2.05) is 42.3 Å². The molecule has 0 saturated carbocycles. The number of carbonyl (C=O) groups excluding carboxylic acids is 1. The second-order valence-electron chi connectivity index (χ2n) is 5.12. The summed E-state index contributed by atoms with van der Waals surface area (Å²) in [6, 6.07) is 11.3. The van der Waals surface area contributed by atoms with Crippen molar-refractivity contribution in [1.82, 2.24) is 9.88 Å². The zero-order valence-corrected chi connectivity index (χ0v) is 13.0. The third-order valence-corrected chi connectivity index (χ3v) is 3.30. The Bertz CT molecular complexity index is 602. The molecule has 1 amide bonds. The highest BCUT2D eigenvalue weighted by atomic mass is 16.5. The van der Waals surface area contributed by atoms with Gasteiger partial charge < -0.3 is 10.1 Å². The Labute approximate surface area is 130 Å². The van der Waals surface area contributed by atoms with Crippen LogP contribution in [0.5, 0.6) is 5.75 Å². The molecule has 0 bridgehead atoms. The Morgan fingerprint density at radius 1 is 1.27 bits per heavy atom. The lowest BCUT2D eigenvalue weighted by atomic mass is 10.2. The molecule has 0 radical (unpaired) electrons. The van der Waals surface area contributed by atoms with Gasteiger partial charge in [-0.2, -0.15) is 0 Å². The maximum Gasteiger partial charge on any atom is 0.238 e. The van der Waals surface area contributed by atoms with Crippen LogP contribution < -0.4 is 10.1 Å². The summed E-state index contributed by atoms with van der Waals surface area (Å²) in [4.78, 5) is 18.0. The molecule has 116 valence electrons. The molecule has 0 aliphatic carbocycles. The number of ether oxygens (including phenoxy) is 1. The van der Waals surface area contributed by atoms with E-state index in [9.17, 15) is 4.79 Å². The monoisotopic (exact) mass is 299 g/mol. The summed E-state index contributed by atoms with van der Waals surface area (Å²) < 4.78 is 5.14. The number of hydrogen-bond donors (Lipinski definition) is 1. The highest BCUT2D eigenvalue weighted by Gasteiger charge is 2.07.